The lowest BCUT2D eigenvalue weighted by Crippen LogP contribution is -2.25. The lowest BCUT2D eigenvalue weighted by molar-refractivity contribution is 0.308. The number of aryl methyl sites for hydroxylation is 1. The number of hydrogen-bond donors (Lipinski definition) is 0. The fraction of sp³-hybridized carbons (Fsp3) is 0.273. The van der Waals surface area contributed by atoms with Gasteiger partial charge in [-0.25, -0.2) is 0 Å². The zero-order valence-corrected chi connectivity index (χ0v) is 15.0. The maximum Gasteiger partial charge on any atom is 0.0618 e. The Morgan fingerprint density at radius 2 is 1.96 bits per heavy atom. The third-order valence-electron chi connectivity index (χ3n) is 5.47. The molecule has 2 nitrogen and oxygen atoms in total. The Bertz CT molecular complexity index is 1030. The van der Waals surface area contributed by atoms with Crippen molar-refractivity contribution in [1.29, 1.82) is 0 Å². The number of rotatable bonds is 0. The van der Waals surface area contributed by atoms with Gasteiger partial charge in [-0.15, -0.1) is 0 Å². The predicted molar refractivity (Wildman–Crippen MR) is 103 cm³/mol. The van der Waals surface area contributed by atoms with E-state index in [9.17, 15) is 0 Å². The van der Waals surface area contributed by atoms with Gasteiger partial charge < -0.3 is 0 Å². The fourth-order valence-corrected chi connectivity index (χ4v) is 4.42. The highest BCUT2D eigenvalue weighted by Gasteiger charge is 2.35. The molecule has 3 heteroatoms. The molecule has 2 aliphatic heterocycles. The van der Waals surface area contributed by atoms with Gasteiger partial charge in [0.15, 0.2) is 0 Å². The van der Waals surface area contributed by atoms with Gasteiger partial charge >= 0.3 is 0 Å². The fourth-order valence-electron chi connectivity index (χ4n) is 4.30. The van der Waals surface area contributed by atoms with Gasteiger partial charge in [0, 0.05) is 41.0 Å². The molecule has 0 N–H and O–H groups in total. The Labute approximate surface area is 153 Å². The predicted octanol–water partition coefficient (Wildman–Crippen LogP) is 4.76. The molecule has 3 heterocycles. The molecule has 2 unspecified atom stereocenters. The first-order valence-electron chi connectivity index (χ1n) is 8.83. The van der Waals surface area contributed by atoms with Crippen LogP contribution in [0.4, 0.5) is 0 Å². The summed E-state index contributed by atoms with van der Waals surface area (Å²) in [4.78, 5) is 2.55. The third-order valence-corrected chi connectivity index (χ3v) is 5.73. The van der Waals surface area contributed by atoms with Gasteiger partial charge in [0.1, 0.15) is 0 Å². The van der Waals surface area contributed by atoms with Crippen molar-refractivity contribution in [2.45, 2.75) is 25.8 Å². The third kappa shape index (κ3) is 2.47. The van der Waals surface area contributed by atoms with Gasteiger partial charge in [-0.3, -0.25) is 9.47 Å². The van der Waals surface area contributed by atoms with Crippen LogP contribution >= 0.6 is 11.6 Å². The van der Waals surface area contributed by atoms with Crippen LogP contribution in [0.25, 0.3) is 10.9 Å². The Morgan fingerprint density at radius 3 is 2.80 bits per heavy atom. The summed E-state index contributed by atoms with van der Waals surface area (Å²) < 4.78 is 2.23. The number of fused-ring (bicyclic) bond motifs is 6. The molecule has 0 aliphatic carbocycles. The van der Waals surface area contributed by atoms with Gasteiger partial charge in [0.05, 0.1) is 11.2 Å². The second kappa shape index (κ2) is 5.66. The van der Waals surface area contributed by atoms with Crippen molar-refractivity contribution in [2.24, 2.45) is 0 Å². The average Bonchev–Trinajstić information content (AvgIpc) is 3.13. The van der Waals surface area contributed by atoms with Crippen molar-refractivity contribution in [3.05, 3.63) is 69.9 Å². The molecule has 1 fully saturated rings. The quantitative estimate of drug-likeness (QED) is 0.533. The number of halogens is 1. The van der Waals surface area contributed by atoms with Gasteiger partial charge in [-0.1, -0.05) is 23.2 Å². The SMILES string of the molecule is Cc1ccc2c(c1)c1c(n2C#Cc2ccc(Cl)cc2)CN2CCC1C2. The Balaban J connectivity index is 1.71. The number of hydrogen-bond acceptors (Lipinski definition) is 1. The standard InChI is InChI=1S/C22H19ClN2/c1-15-2-7-20-19(12-15)22-17-9-10-24(13-17)14-21(22)25(20)11-8-16-3-5-18(23)6-4-16/h2-7,12,17H,9-10,13-14H2,1H3. The van der Waals surface area contributed by atoms with Crippen LogP contribution in [-0.4, -0.2) is 22.6 Å². The van der Waals surface area contributed by atoms with Crippen LogP contribution in [0.1, 0.15) is 34.7 Å². The summed E-state index contributed by atoms with van der Waals surface area (Å²) in [5.41, 5.74) is 6.48. The number of aromatic nitrogens is 1. The topological polar surface area (TPSA) is 8.17 Å². The maximum atomic E-state index is 5.98. The lowest BCUT2D eigenvalue weighted by Gasteiger charge is -2.23. The van der Waals surface area contributed by atoms with Crippen LogP contribution in [0, 0.1) is 18.9 Å². The molecule has 3 aromatic rings. The summed E-state index contributed by atoms with van der Waals surface area (Å²) in [6.45, 7) is 5.59. The molecule has 2 bridgehead atoms. The summed E-state index contributed by atoms with van der Waals surface area (Å²) in [7, 11) is 0. The first kappa shape index (κ1) is 15.1. The highest BCUT2D eigenvalue weighted by molar-refractivity contribution is 6.30. The highest BCUT2D eigenvalue weighted by Crippen LogP contribution is 2.42. The summed E-state index contributed by atoms with van der Waals surface area (Å²) in [5.74, 6) is 3.98. The number of benzene rings is 2. The van der Waals surface area contributed by atoms with Crippen LogP contribution < -0.4 is 0 Å². The molecule has 25 heavy (non-hydrogen) atoms. The Morgan fingerprint density at radius 1 is 1.12 bits per heavy atom. The zero-order valence-electron chi connectivity index (χ0n) is 14.2. The van der Waals surface area contributed by atoms with Crippen LogP contribution in [0.3, 0.4) is 0 Å². The van der Waals surface area contributed by atoms with Crippen LogP contribution in [0.2, 0.25) is 5.02 Å². The molecule has 0 spiro atoms. The Hall–Kier alpha value is -2.21. The summed E-state index contributed by atoms with van der Waals surface area (Å²) in [5, 5.41) is 2.14. The smallest absolute Gasteiger partial charge is 0.0618 e. The van der Waals surface area contributed by atoms with Crippen LogP contribution in [0.5, 0.6) is 0 Å². The molecule has 0 saturated carbocycles. The molecule has 1 aromatic heterocycles. The van der Waals surface area contributed by atoms with E-state index in [0.717, 1.165) is 17.1 Å². The van der Waals surface area contributed by atoms with E-state index in [0.29, 0.717) is 5.92 Å². The van der Waals surface area contributed by atoms with E-state index in [1.165, 1.54) is 47.2 Å². The van der Waals surface area contributed by atoms with Gasteiger partial charge in [0.25, 0.3) is 0 Å². The molecular formula is C22H19ClN2. The van der Waals surface area contributed by atoms with Gasteiger partial charge in [-0.2, -0.15) is 0 Å². The molecule has 124 valence electrons. The van der Waals surface area contributed by atoms with Crippen LogP contribution in [-0.2, 0) is 6.54 Å². The van der Waals surface area contributed by atoms with E-state index >= 15 is 0 Å². The first-order chi connectivity index (χ1) is 12.2. The first-order valence-corrected chi connectivity index (χ1v) is 9.20. The molecular weight excluding hydrogens is 328 g/mol. The molecule has 2 atom stereocenters. The lowest BCUT2D eigenvalue weighted by atomic mass is 9.93. The number of nitrogens with zero attached hydrogens (tertiary/aromatic N) is 2. The summed E-state index contributed by atoms with van der Waals surface area (Å²) in [6, 6.07) is 17.9. The minimum Gasteiger partial charge on any atom is -0.297 e. The Kier molecular flexibility index (Phi) is 3.41. The molecule has 0 radical (unpaired) electrons. The molecule has 1 saturated heterocycles. The van der Waals surface area contributed by atoms with E-state index in [1.54, 1.807) is 0 Å². The van der Waals surface area contributed by atoms with E-state index in [4.69, 9.17) is 11.6 Å². The van der Waals surface area contributed by atoms with E-state index in [1.807, 2.05) is 24.3 Å². The highest BCUT2D eigenvalue weighted by atomic mass is 35.5. The molecule has 5 rings (SSSR count). The van der Waals surface area contributed by atoms with E-state index in [-0.39, 0.29) is 0 Å². The van der Waals surface area contributed by atoms with Gasteiger partial charge in [-0.05, 0) is 67.8 Å². The second-order valence-corrected chi connectivity index (χ2v) is 7.62. The van der Waals surface area contributed by atoms with Crippen molar-refractivity contribution in [3.8, 4) is 12.0 Å². The van der Waals surface area contributed by atoms with Crippen molar-refractivity contribution in [1.82, 2.24) is 9.47 Å². The van der Waals surface area contributed by atoms with Crippen molar-refractivity contribution >= 4 is 22.5 Å². The van der Waals surface area contributed by atoms with Crippen molar-refractivity contribution in [2.75, 3.05) is 13.1 Å². The summed E-state index contributed by atoms with van der Waals surface area (Å²) in [6.07, 6.45) is 1.27. The largest absolute Gasteiger partial charge is 0.297 e. The van der Waals surface area contributed by atoms with Crippen molar-refractivity contribution < 1.29 is 0 Å². The van der Waals surface area contributed by atoms with Crippen molar-refractivity contribution in [3.63, 3.8) is 0 Å². The molecule has 0 amide bonds. The summed E-state index contributed by atoms with van der Waals surface area (Å²) >= 11 is 5.98. The van der Waals surface area contributed by atoms with Crippen LogP contribution in [0.15, 0.2) is 42.5 Å². The normalized spacial score (nSPS) is 21.0. The minimum absolute atomic E-state index is 0.659. The molecule has 2 aromatic carbocycles. The monoisotopic (exact) mass is 346 g/mol. The second-order valence-electron chi connectivity index (χ2n) is 7.18. The zero-order chi connectivity index (χ0) is 17.0. The van der Waals surface area contributed by atoms with E-state index in [2.05, 4.69) is 46.6 Å². The minimum atomic E-state index is 0.659. The maximum absolute atomic E-state index is 5.98. The van der Waals surface area contributed by atoms with Gasteiger partial charge in [0.2, 0.25) is 0 Å². The average molecular weight is 347 g/mol. The molecule has 2 aliphatic rings. The van der Waals surface area contributed by atoms with E-state index < -0.39 is 0 Å².